The van der Waals surface area contributed by atoms with Crippen molar-refractivity contribution < 1.29 is 14.7 Å². The van der Waals surface area contributed by atoms with Gasteiger partial charge in [0.15, 0.2) is 0 Å². The third-order valence-corrected chi connectivity index (χ3v) is 4.17. The van der Waals surface area contributed by atoms with E-state index >= 15 is 0 Å². The number of carboxylic acids is 1. The molecule has 130 valence electrons. The van der Waals surface area contributed by atoms with E-state index in [0.717, 1.165) is 5.56 Å². The lowest BCUT2D eigenvalue weighted by atomic mass is 10.0. The van der Waals surface area contributed by atoms with Gasteiger partial charge in [-0.15, -0.1) is 0 Å². The van der Waals surface area contributed by atoms with Gasteiger partial charge in [0.1, 0.15) is 0 Å². The van der Waals surface area contributed by atoms with Crippen LogP contribution in [0.15, 0.2) is 66.7 Å². The zero-order valence-electron chi connectivity index (χ0n) is 13.4. The summed E-state index contributed by atoms with van der Waals surface area (Å²) in [6, 6.07) is 18.3. The molecule has 0 aromatic heterocycles. The van der Waals surface area contributed by atoms with Gasteiger partial charge in [-0.1, -0.05) is 47.5 Å². The molecule has 6 heteroatoms. The summed E-state index contributed by atoms with van der Waals surface area (Å²) in [5, 5.41) is 13.0. The van der Waals surface area contributed by atoms with E-state index in [2.05, 4.69) is 5.32 Å². The summed E-state index contributed by atoms with van der Waals surface area (Å²) in [5.41, 5.74) is 2.02. The highest BCUT2D eigenvalue weighted by Crippen LogP contribution is 2.30. The van der Waals surface area contributed by atoms with Crippen molar-refractivity contribution >= 4 is 40.8 Å². The van der Waals surface area contributed by atoms with Crippen LogP contribution in [0.1, 0.15) is 20.7 Å². The highest BCUT2D eigenvalue weighted by Gasteiger charge is 2.15. The fraction of sp³-hybridized carbons (Fsp3) is 0. The van der Waals surface area contributed by atoms with E-state index < -0.39 is 11.9 Å². The number of amides is 1. The molecule has 0 saturated carbocycles. The van der Waals surface area contributed by atoms with Crippen LogP contribution in [0.3, 0.4) is 0 Å². The van der Waals surface area contributed by atoms with Gasteiger partial charge in [-0.25, -0.2) is 4.79 Å². The first-order valence-electron chi connectivity index (χ1n) is 7.64. The molecule has 0 aliphatic rings. The molecule has 3 aromatic carbocycles. The van der Waals surface area contributed by atoms with Crippen LogP contribution in [0.4, 0.5) is 5.69 Å². The molecule has 2 N–H and O–H groups in total. The van der Waals surface area contributed by atoms with Gasteiger partial charge in [-0.2, -0.15) is 0 Å². The average molecular weight is 386 g/mol. The summed E-state index contributed by atoms with van der Waals surface area (Å²) >= 11 is 12.1. The van der Waals surface area contributed by atoms with E-state index in [4.69, 9.17) is 23.2 Å². The molecule has 3 aromatic rings. The van der Waals surface area contributed by atoms with Crippen molar-refractivity contribution in [1.82, 2.24) is 0 Å². The summed E-state index contributed by atoms with van der Waals surface area (Å²) in [6.07, 6.45) is 0. The van der Waals surface area contributed by atoms with Gasteiger partial charge < -0.3 is 10.4 Å². The van der Waals surface area contributed by atoms with Crippen LogP contribution in [-0.4, -0.2) is 17.0 Å². The van der Waals surface area contributed by atoms with Gasteiger partial charge in [0.25, 0.3) is 5.91 Å². The van der Waals surface area contributed by atoms with Gasteiger partial charge in [0.2, 0.25) is 0 Å². The summed E-state index contributed by atoms with van der Waals surface area (Å²) in [5.74, 6) is -1.53. The van der Waals surface area contributed by atoms with Gasteiger partial charge in [-0.3, -0.25) is 4.79 Å². The van der Waals surface area contributed by atoms with Crippen LogP contribution in [0, 0.1) is 0 Å². The molecule has 0 radical (unpaired) electrons. The first kappa shape index (κ1) is 18.0. The molecule has 0 aliphatic heterocycles. The molecular formula is C20H13Cl2NO3. The third kappa shape index (κ3) is 4.04. The van der Waals surface area contributed by atoms with E-state index in [-0.39, 0.29) is 11.3 Å². The topological polar surface area (TPSA) is 66.4 Å². The predicted octanol–water partition coefficient (Wildman–Crippen LogP) is 5.61. The zero-order chi connectivity index (χ0) is 18.7. The Morgan fingerprint density at radius 1 is 0.808 bits per heavy atom. The predicted molar refractivity (Wildman–Crippen MR) is 103 cm³/mol. The number of aromatic carboxylic acids is 1. The second-order valence-electron chi connectivity index (χ2n) is 5.54. The third-order valence-electron chi connectivity index (χ3n) is 3.73. The molecule has 0 fully saturated rings. The second kappa shape index (κ2) is 7.60. The van der Waals surface area contributed by atoms with Crippen LogP contribution in [0.25, 0.3) is 11.1 Å². The number of nitrogens with one attached hydrogen (secondary N) is 1. The number of carbonyl (C=O) groups is 2. The Labute approximate surface area is 160 Å². The van der Waals surface area contributed by atoms with Crippen molar-refractivity contribution in [3.63, 3.8) is 0 Å². The Morgan fingerprint density at radius 2 is 1.46 bits per heavy atom. The average Bonchev–Trinajstić information content (AvgIpc) is 2.61. The van der Waals surface area contributed by atoms with E-state index in [1.807, 2.05) is 0 Å². The Kier molecular flexibility index (Phi) is 5.26. The Balaban J connectivity index is 2.02. The summed E-state index contributed by atoms with van der Waals surface area (Å²) in [7, 11) is 0. The number of rotatable bonds is 4. The SMILES string of the molecule is O=C(Nc1cc(-c2cc(Cl)cc(Cl)c2)ccc1C(=O)O)c1ccccc1. The normalized spacial score (nSPS) is 10.4. The molecule has 0 bridgehead atoms. The molecule has 0 saturated heterocycles. The second-order valence-corrected chi connectivity index (χ2v) is 6.42. The molecule has 4 nitrogen and oxygen atoms in total. The fourth-order valence-corrected chi connectivity index (χ4v) is 3.04. The lowest BCUT2D eigenvalue weighted by Crippen LogP contribution is -2.14. The van der Waals surface area contributed by atoms with E-state index in [0.29, 0.717) is 21.2 Å². The Bertz CT molecular complexity index is 967. The number of anilines is 1. The van der Waals surface area contributed by atoms with Crippen molar-refractivity contribution in [3.8, 4) is 11.1 Å². The van der Waals surface area contributed by atoms with Gasteiger partial charge >= 0.3 is 5.97 Å². The molecular weight excluding hydrogens is 373 g/mol. The van der Waals surface area contributed by atoms with Crippen molar-refractivity contribution in [2.24, 2.45) is 0 Å². The maximum absolute atomic E-state index is 12.4. The molecule has 26 heavy (non-hydrogen) atoms. The zero-order valence-corrected chi connectivity index (χ0v) is 14.9. The van der Waals surface area contributed by atoms with Crippen molar-refractivity contribution in [3.05, 3.63) is 87.9 Å². The van der Waals surface area contributed by atoms with E-state index in [1.165, 1.54) is 6.07 Å². The maximum Gasteiger partial charge on any atom is 0.337 e. The molecule has 0 aliphatic carbocycles. The maximum atomic E-state index is 12.4. The largest absolute Gasteiger partial charge is 0.478 e. The van der Waals surface area contributed by atoms with Crippen LogP contribution in [0.2, 0.25) is 10.0 Å². The van der Waals surface area contributed by atoms with Crippen LogP contribution in [-0.2, 0) is 0 Å². The Hall–Kier alpha value is -2.82. The van der Waals surface area contributed by atoms with E-state index in [1.54, 1.807) is 60.7 Å². The van der Waals surface area contributed by atoms with Crippen LogP contribution < -0.4 is 5.32 Å². The standard InChI is InChI=1S/C20H13Cl2NO3/c21-15-8-14(9-16(22)11-15)13-6-7-17(20(25)26)18(10-13)23-19(24)12-4-2-1-3-5-12/h1-11H,(H,23,24)(H,25,26). The van der Waals surface area contributed by atoms with Gasteiger partial charge in [0, 0.05) is 15.6 Å². The van der Waals surface area contributed by atoms with Crippen molar-refractivity contribution in [1.29, 1.82) is 0 Å². The first-order chi connectivity index (χ1) is 12.4. The minimum absolute atomic E-state index is 0.00819. The van der Waals surface area contributed by atoms with E-state index in [9.17, 15) is 14.7 Å². The minimum atomic E-state index is -1.14. The fourth-order valence-electron chi connectivity index (χ4n) is 2.52. The molecule has 3 rings (SSSR count). The number of hydrogen-bond acceptors (Lipinski definition) is 2. The smallest absolute Gasteiger partial charge is 0.337 e. The number of carboxylic acid groups (broad SMARTS) is 1. The number of benzene rings is 3. The lowest BCUT2D eigenvalue weighted by molar-refractivity contribution is 0.0698. The number of hydrogen-bond donors (Lipinski definition) is 2. The first-order valence-corrected chi connectivity index (χ1v) is 8.40. The van der Waals surface area contributed by atoms with Crippen molar-refractivity contribution in [2.75, 3.05) is 5.32 Å². The Morgan fingerprint density at radius 3 is 2.08 bits per heavy atom. The van der Waals surface area contributed by atoms with Crippen LogP contribution in [0.5, 0.6) is 0 Å². The quantitative estimate of drug-likeness (QED) is 0.613. The molecule has 0 heterocycles. The molecule has 0 spiro atoms. The number of halogens is 2. The molecule has 0 unspecified atom stereocenters. The highest BCUT2D eigenvalue weighted by molar-refractivity contribution is 6.35. The van der Waals surface area contributed by atoms with Gasteiger partial charge in [-0.05, 0) is 53.6 Å². The highest BCUT2D eigenvalue weighted by atomic mass is 35.5. The summed E-state index contributed by atoms with van der Waals surface area (Å²) in [4.78, 5) is 23.9. The summed E-state index contributed by atoms with van der Waals surface area (Å²) < 4.78 is 0. The molecule has 1 amide bonds. The lowest BCUT2D eigenvalue weighted by Gasteiger charge is -2.12. The number of carbonyl (C=O) groups excluding carboxylic acids is 1. The van der Waals surface area contributed by atoms with Gasteiger partial charge in [0.05, 0.1) is 11.3 Å². The molecule has 0 atom stereocenters. The minimum Gasteiger partial charge on any atom is -0.478 e. The van der Waals surface area contributed by atoms with Crippen LogP contribution >= 0.6 is 23.2 Å². The summed E-state index contributed by atoms with van der Waals surface area (Å²) in [6.45, 7) is 0. The van der Waals surface area contributed by atoms with Crippen molar-refractivity contribution in [2.45, 2.75) is 0 Å². The monoisotopic (exact) mass is 385 g/mol.